The Labute approximate surface area is 159 Å². The number of rotatable bonds is 5. The van der Waals surface area contributed by atoms with Crippen LogP contribution in [0.3, 0.4) is 0 Å². The van der Waals surface area contributed by atoms with E-state index >= 15 is 0 Å². The van der Waals surface area contributed by atoms with Gasteiger partial charge in [0.15, 0.2) is 0 Å². The third-order valence-corrected chi connectivity index (χ3v) is 4.58. The number of hydrogen-bond acceptors (Lipinski definition) is 3. The number of benzene rings is 2. The van der Waals surface area contributed by atoms with Gasteiger partial charge in [0, 0.05) is 18.8 Å². The zero-order valence-corrected chi connectivity index (χ0v) is 15.7. The molecule has 0 saturated heterocycles. The summed E-state index contributed by atoms with van der Waals surface area (Å²) in [5, 5.41) is 16.3. The number of nitrogens with zero attached hydrogens (tertiary/aromatic N) is 3. The van der Waals surface area contributed by atoms with Crippen molar-refractivity contribution in [3.63, 3.8) is 0 Å². The molecule has 0 saturated carbocycles. The van der Waals surface area contributed by atoms with Crippen LogP contribution in [-0.2, 0) is 18.3 Å². The van der Waals surface area contributed by atoms with Gasteiger partial charge in [-0.05, 0) is 42.7 Å². The van der Waals surface area contributed by atoms with Crippen molar-refractivity contribution >= 4 is 5.91 Å². The molecule has 1 heterocycles. The fraction of sp³-hybridized carbons (Fsp3) is 0.227. The maximum Gasteiger partial charge on any atom is 0.225 e. The van der Waals surface area contributed by atoms with E-state index in [1.807, 2.05) is 69.6 Å². The summed E-state index contributed by atoms with van der Waals surface area (Å²) in [6.45, 7) is 3.88. The highest BCUT2D eigenvalue weighted by Crippen LogP contribution is 2.23. The largest absolute Gasteiger partial charge is 0.349 e. The van der Waals surface area contributed by atoms with Gasteiger partial charge in [-0.25, -0.2) is 0 Å². The molecule has 136 valence electrons. The molecule has 0 fully saturated rings. The van der Waals surface area contributed by atoms with E-state index < -0.39 is 0 Å². The first-order valence-electron chi connectivity index (χ1n) is 8.85. The highest BCUT2D eigenvalue weighted by atomic mass is 16.1. The molecule has 0 radical (unpaired) electrons. The van der Waals surface area contributed by atoms with Crippen LogP contribution in [0.25, 0.3) is 11.1 Å². The van der Waals surface area contributed by atoms with Crippen LogP contribution in [-0.4, -0.2) is 15.7 Å². The van der Waals surface area contributed by atoms with Gasteiger partial charge in [0.2, 0.25) is 5.91 Å². The van der Waals surface area contributed by atoms with Crippen molar-refractivity contribution in [1.29, 1.82) is 5.26 Å². The quantitative estimate of drug-likeness (QED) is 0.756. The SMILES string of the molecule is Cc1nn(C)cc1CC(=O)NC(C)c1ccc(-c2cccc(C#N)c2)cc1. The molecule has 2 aromatic carbocycles. The number of amides is 1. The van der Waals surface area contributed by atoms with Crippen LogP contribution in [0.4, 0.5) is 0 Å². The van der Waals surface area contributed by atoms with Gasteiger partial charge in [0.05, 0.1) is 29.8 Å². The van der Waals surface area contributed by atoms with Crippen LogP contribution in [0.5, 0.6) is 0 Å². The van der Waals surface area contributed by atoms with E-state index in [-0.39, 0.29) is 11.9 Å². The van der Waals surface area contributed by atoms with Crippen LogP contribution in [0, 0.1) is 18.3 Å². The van der Waals surface area contributed by atoms with E-state index in [4.69, 9.17) is 5.26 Å². The molecule has 1 atom stereocenters. The van der Waals surface area contributed by atoms with E-state index in [1.54, 1.807) is 10.7 Å². The molecule has 5 heteroatoms. The Morgan fingerprint density at radius 2 is 1.96 bits per heavy atom. The van der Waals surface area contributed by atoms with E-state index in [0.717, 1.165) is 27.9 Å². The Bertz CT molecular complexity index is 996. The lowest BCUT2D eigenvalue weighted by Crippen LogP contribution is -2.28. The Morgan fingerprint density at radius 1 is 1.22 bits per heavy atom. The lowest BCUT2D eigenvalue weighted by atomic mass is 10.00. The molecule has 0 spiro atoms. The predicted molar refractivity (Wildman–Crippen MR) is 105 cm³/mol. The van der Waals surface area contributed by atoms with Gasteiger partial charge in [0.1, 0.15) is 0 Å². The highest BCUT2D eigenvalue weighted by Gasteiger charge is 2.13. The number of nitriles is 1. The molecule has 0 aliphatic rings. The van der Waals surface area contributed by atoms with Gasteiger partial charge < -0.3 is 5.32 Å². The number of aryl methyl sites for hydroxylation is 2. The summed E-state index contributed by atoms with van der Waals surface area (Å²) in [6, 6.07) is 17.6. The molecule has 5 nitrogen and oxygen atoms in total. The molecule has 1 unspecified atom stereocenters. The maximum atomic E-state index is 12.3. The van der Waals surface area contributed by atoms with Gasteiger partial charge in [-0.1, -0.05) is 36.4 Å². The van der Waals surface area contributed by atoms with Crippen LogP contribution in [0.1, 0.15) is 35.3 Å². The highest BCUT2D eigenvalue weighted by molar-refractivity contribution is 5.79. The van der Waals surface area contributed by atoms with E-state index in [1.165, 1.54) is 0 Å². The van der Waals surface area contributed by atoms with Gasteiger partial charge in [-0.2, -0.15) is 10.4 Å². The standard InChI is InChI=1S/C22H22N4O/c1-15(24-22(27)12-21-14-26(3)25-16(21)2)18-7-9-19(10-8-18)20-6-4-5-17(11-20)13-23/h4-11,14-15H,12H2,1-3H3,(H,24,27). The molecule has 3 rings (SSSR count). The van der Waals surface area contributed by atoms with Gasteiger partial charge in [-0.3, -0.25) is 9.48 Å². The van der Waals surface area contributed by atoms with Crippen molar-refractivity contribution in [3.05, 3.63) is 77.1 Å². The number of carbonyl (C=O) groups is 1. The minimum absolute atomic E-state index is 0.0237. The van der Waals surface area contributed by atoms with Crippen molar-refractivity contribution < 1.29 is 4.79 Å². The predicted octanol–water partition coefficient (Wildman–Crippen LogP) is 3.69. The Morgan fingerprint density at radius 3 is 2.59 bits per heavy atom. The van der Waals surface area contributed by atoms with Crippen LogP contribution in [0.15, 0.2) is 54.7 Å². The van der Waals surface area contributed by atoms with Gasteiger partial charge in [0.25, 0.3) is 0 Å². The maximum absolute atomic E-state index is 12.3. The Hall–Kier alpha value is -3.39. The zero-order valence-electron chi connectivity index (χ0n) is 15.7. The first-order valence-corrected chi connectivity index (χ1v) is 8.85. The minimum atomic E-state index is -0.0889. The van der Waals surface area contributed by atoms with Crippen molar-refractivity contribution in [2.24, 2.45) is 7.05 Å². The van der Waals surface area contributed by atoms with Gasteiger partial charge >= 0.3 is 0 Å². The molecule has 0 bridgehead atoms. The fourth-order valence-electron chi connectivity index (χ4n) is 3.10. The summed E-state index contributed by atoms with van der Waals surface area (Å²) in [5.41, 5.74) is 5.54. The summed E-state index contributed by atoms with van der Waals surface area (Å²) < 4.78 is 1.72. The summed E-state index contributed by atoms with van der Waals surface area (Å²) in [6.07, 6.45) is 2.20. The third-order valence-electron chi connectivity index (χ3n) is 4.58. The molecular formula is C22H22N4O. The van der Waals surface area contributed by atoms with Crippen molar-refractivity contribution in [2.75, 3.05) is 0 Å². The van der Waals surface area contributed by atoms with Crippen molar-refractivity contribution in [1.82, 2.24) is 15.1 Å². The lowest BCUT2D eigenvalue weighted by Gasteiger charge is -2.15. The fourth-order valence-corrected chi connectivity index (χ4v) is 3.10. The molecule has 0 aliphatic heterocycles. The molecule has 1 N–H and O–H groups in total. The minimum Gasteiger partial charge on any atom is -0.349 e. The first-order chi connectivity index (χ1) is 13.0. The molecule has 1 aromatic heterocycles. The third kappa shape index (κ3) is 4.42. The topological polar surface area (TPSA) is 70.7 Å². The van der Waals surface area contributed by atoms with Gasteiger partial charge in [-0.15, -0.1) is 0 Å². The number of aromatic nitrogens is 2. The summed E-state index contributed by atoms with van der Waals surface area (Å²) in [4.78, 5) is 12.3. The van der Waals surface area contributed by atoms with E-state index in [0.29, 0.717) is 12.0 Å². The molecule has 3 aromatic rings. The second-order valence-electron chi connectivity index (χ2n) is 6.69. The normalized spacial score (nSPS) is 11.6. The average Bonchev–Trinajstić information content (AvgIpc) is 2.98. The summed E-state index contributed by atoms with van der Waals surface area (Å²) >= 11 is 0. The van der Waals surface area contributed by atoms with Crippen molar-refractivity contribution in [2.45, 2.75) is 26.3 Å². The van der Waals surface area contributed by atoms with E-state index in [9.17, 15) is 4.79 Å². The van der Waals surface area contributed by atoms with Crippen LogP contribution < -0.4 is 5.32 Å². The monoisotopic (exact) mass is 358 g/mol. The second-order valence-corrected chi connectivity index (χ2v) is 6.69. The Balaban J connectivity index is 1.66. The van der Waals surface area contributed by atoms with E-state index in [2.05, 4.69) is 16.5 Å². The van der Waals surface area contributed by atoms with Crippen LogP contribution >= 0.6 is 0 Å². The average molecular weight is 358 g/mol. The van der Waals surface area contributed by atoms with Crippen LogP contribution in [0.2, 0.25) is 0 Å². The number of hydrogen-bond donors (Lipinski definition) is 1. The molecule has 1 amide bonds. The lowest BCUT2D eigenvalue weighted by molar-refractivity contribution is -0.121. The molecular weight excluding hydrogens is 336 g/mol. The smallest absolute Gasteiger partial charge is 0.225 e. The summed E-state index contributed by atoms with van der Waals surface area (Å²) in [7, 11) is 1.85. The first kappa shape index (κ1) is 18.4. The molecule has 27 heavy (non-hydrogen) atoms. The van der Waals surface area contributed by atoms with Crippen molar-refractivity contribution in [3.8, 4) is 17.2 Å². The summed E-state index contributed by atoms with van der Waals surface area (Å²) in [5.74, 6) is -0.0237. The second kappa shape index (κ2) is 7.88. The number of nitrogens with one attached hydrogen (secondary N) is 1. The number of carbonyl (C=O) groups excluding carboxylic acids is 1. The Kier molecular flexibility index (Phi) is 5.37. The molecule has 0 aliphatic carbocycles. The zero-order chi connectivity index (χ0) is 19.4.